The largest absolute Gasteiger partial charge is 0.433 e. The average Bonchev–Trinajstić information content (AvgIpc) is 3.04. The second-order valence-corrected chi connectivity index (χ2v) is 6.80. The van der Waals surface area contributed by atoms with Crippen molar-refractivity contribution in [3.05, 3.63) is 45.0 Å². The van der Waals surface area contributed by atoms with E-state index in [4.69, 9.17) is 9.56 Å². The Bertz CT molecular complexity index is 791. The molecule has 21 heavy (non-hydrogen) atoms. The molecule has 0 atom stereocenters. The molecule has 11 heteroatoms. The summed E-state index contributed by atoms with van der Waals surface area (Å²) in [7, 11) is -3.77. The molecule has 0 saturated carbocycles. The van der Waals surface area contributed by atoms with Crippen LogP contribution in [0.25, 0.3) is 0 Å². The Morgan fingerprint density at radius 3 is 2.62 bits per heavy atom. The van der Waals surface area contributed by atoms with E-state index in [0.717, 1.165) is 17.4 Å². The van der Waals surface area contributed by atoms with Crippen molar-refractivity contribution in [3.63, 3.8) is 0 Å². The first-order valence-electron chi connectivity index (χ1n) is 5.41. The van der Waals surface area contributed by atoms with Crippen LogP contribution in [-0.4, -0.2) is 19.2 Å². The summed E-state index contributed by atoms with van der Waals surface area (Å²) >= 11 is 0.921. The highest BCUT2D eigenvalue weighted by molar-refractivity contribution is 7.91. The average molecular weight is 331 g/mol. The van der Waals surface area contributed by atoms with Crippen molar-refractivity contribution in [1.82, 2.24) is 5.32 Å². The van der Waals surface area contributed by atoms with Crippen LogP contribution in [0.3, 0.4) is 0 Å². The number of rotatable bonds is 5. The number of hydrogen-bond acceptors (Lipinski definition) is 7. The topological polar surface area (TPSA) is 146 Å². The highest BCUT2D eigenvalue weighted by Gasteiger charge is 2.17. The maximum atomic E-state index is 11.7. The van der Waals surface area contributed by atoms with Crippen molar-refractivity contribution in [2.45, 2.75) is 10.8 Å². The number of amides is 1. The number of nitro groups is 1. The lowest BCUT2D eigenvalue weighted by molar-refractivity contribution is -0.402. The highest BCUT2D eigenvalue weighted by atomic mass is 32.2. The summed E-state index contributed by atoms with van der Waals surface area (Å²) in [6.45, 7) is 0.0491. The second kappa shape index (κ2) is 5.63. The van der Waals surface area contributed by atoms with Crippen molar-refractivity contribution in [3.8, 4) is 0 Å². The summed E-state index contributed by atoms with van der Waals surface area (Å²) in [5, 5.41) is 17.8. The Hall–Kier alpha value is -2.24. The number of carbonyl (C=O) groups is 1. The molecule has 0 aliphatic heterocycles. The summed E-state index contributed by atoms with van der Waals surface area (Å²) in [4.78, 5) is 21.9. The van der Waals surface area contributed by atoms with Gasteiger partial charge in [0.25, 0.3) is 5.91 Å². The van der Waals surface area contributed by atoms with Gasteiger partial charge in [-0.1, -0.05) is 0 Å². The van der Waals surface area contributed by atoms with Gasteiger partial charge in [-0.25, -0.2) is 13.6 Å². The fraction of sp³-hybridized carbons (Fsp3) is 0.100. The Labute approximate surface area is 122 Å². The molecule has 0 aliphatic carbocycles. The van der Waals surface area contributed by atoms with Crippen molar-refractivity contribution in [2.24, 2.45) is 5.14 Å². The van der Waals surface area contributed by atoms with Gasteiger partial charge in [0.15, 0.2) is 5.76 Å². The van der Waals surface area contributed by atoms with Crippen molar-refractivity contribution >= 4 is 33.2 Å². The van der Waals surface area contributed by atoms with Crippen molar-refractivity contribution in [1.29, 1.82) is 0 Å². The zero-order chi connectivity index (χ0) is 15.6. The van der Waals surface area contributed by atoms with Crippen molar-refractivity contribution in [2.75, 3.05) is 0 Å². The van der Waals surface area contributed by atoms with Crippen LogP contribution in [-0.2, 0) is 16.6 Å². The number of nitrogens with one attached hydrogen (secondary N) is 1. The predicted molar refractivity (Wildman–Crippen MR) is 72.2 cm³/mol. The Morgan fingerprint density at radius 2 is 2.10 bits per heavy atom. The molecular formula is C10H9N3O6S2. The third kappa shape index (κ3) is 3.65. The van der Waals surface area contributed by atoms with Crippen LogP contribution in [0.5, 0.6) is 0 Å². The van der Waals surface area contributed by atoms with E-state index in [1.165, 1.54) is 18.2 Å². The maximum absolute atomic E-state index is 11.7. The quantitative estimate of drug-likeness (QED) is 0.613. The molecule has 0 spiro atoms. The molecule has 2 heterocycles. The summed E-state index contributed by atoms with van der Waals surface area (Å²) in [6.07, 6.45) is 0. The molecule has 112 valence electrons. The zero-order valence-electron chi connectivity index (χ0n) is 10.3. The fourth-order valence-corrected chi connectivity index (χ4v) is 3.13. The standard InChI is InChI=1S/C10H9N3O6S2/c11-21(17,18)9-4-1-6(20-9)5-12-10(14)7-2-3-8(19-7)13(15)16/h1-4H,5H2,(H,12,14)(H2,11,17,18). The number of thiophene rings is 1. The van der Waals surface area contributed by atoms with Gasteiger partial charge in [0, 0.05) is 4.88 Å². The molecule has 9 nitrogen and oxygen atoms in total. The van der Waals surface area contributed by atoms with Gasteiger partial charge in [-0.3, -0.25) is 14.9 Å². The van der Waals surface area contributed by atoms with E-state index in [-0.39, 0.29) is 16.5 Å². The molecule has 0 radical (unpaired) electrons. The molecule has 0 aliphatic rings. The first kappa shape index (κ1) is 15.2. The van der Waals surface area contributed by atoms with Gasteiger partial charge in [0.2, 0.25) is 10.0 Å². The van der Waals surface area contributed by atoms with Gasteiger partial charge >= 0.3 is 5.88 Å². The monoisotopic (exact) mass is 331 g/mol. The van der Waals surface area contributed by atoms with Crippen molar-refractivity contribution < 1.29 is 22.6 Å². The van der Waals surface area contributed by atoms with E-state index in [9.17, 15) is 23.3 Å². The van der Waals surface area contributed by atoms with Gasteiger partial charge in [-0.05, 0) is 18.2 Å². The number of sulfonamides is 1. The van der Waals surface area contributed by atoms with Gasteiger partial charge in [-0.15, -0.1) is 11.3 Å². The van der Waals surface area contributed by atoms with E-state index in [2.05, 4.69) is 5.32 Å². The second-order valence-electron chi connectivity index (χ2n) is 3.84. The molecule has 0 bridgehead atoms. The van der Waals surface area contributed by atoms with Crippen LogP contribution >= 0.6 is 11.3 Å². The molecule has 0 unspecified atom stereocenters. The van der Waals surface area contributed by atoms with Gasteiger partial charge in [0.1, 0.15) is 9.13 Å². The number of furan rings is 1. The maximum Gasteiger partial charge on any atom is 0.433 e. The minimum absolute atomic E-state index is 0.0135. The van der Waals surface area contributed by atoms with Crippen LogP contribution < -0.4 is 10.5 Å². The number of nitrogens with two attached hydrogens (primary N) is 1. The van der Waals surface area contributed by atoms with Crippen LogP contribution in [0.4, 0.5) is 5.88 Å². The minimum Gasteiger partial charge on any atom is -0.395 e. The summed E-state index contributed by atoms with van der Waals surface area (Å²) < 4.78 is 26.9. The molecule has 2 aromatic rings. The summed E-state index contributed by atoms with van der Waals surface area (Å²) in [5.41, 5.74) is 0. The normalized spacial score (nSPS) is 11.3. The van der Waals surface area contributed by atoms with Crippen LogP contribution in [0.2, 0.25) is 0 Å². The summed E-state index contributed by atoms with van der Waals surface area (Å²) in [6, 6.07) is 5.09. The molecule has 1 amide bonds. The lowest BCUT2D eigenvalue weighted by atomic mass is 10.4. The predicted octanol–water partition coefficient (Wildman–Crippen LogP) is 0.827. The van der Waals surface area contributed by atoms with Crippen LogP contribution in [0.1, 0.15) is 15.4 Å². The number of carbonyl (C=O) groups excluding carboxylic acids is 1. The minimum atomic E-state index is -3.77. The Morgan fingerprint density at radius 1 is 1.38 bits per heavy atom. The Balaban J connectivity index is 2.00. The first-order chi connectivity index (χ1) is 9.77. The number of primary sulfonamides is 1. The lowest BCUT2D eigenvalue weighted by Crippen LogP contribution is -2.21. The molecular weight excluding hydrogens is 322 g/mol. The SMILES string of the molecule is NS(=O)(=O)c1ccc(CNC(=O)c2ccc([N+](=O)[O-])o2)s1. The first-order valence-corrected chi connectivity index (χ1v) is 7.77. The van der Waals surface area contributed by atoms with Crippen LogP contribution in [0.15, 0.2) is 32.9 Å². The summed E-state index contributed by atoms with van der Waals surface area (Å²) in [5.74, 6) is -1.38. The van der Waals surface area contributed by atoms with E-state index in [1.54, 1.807) is 0 Å². The molecule has 3 N–H and O–H groups in total. The lowest BCUT2D eigenvalue weighted by Gasteiger charge is -1.99. The Kier molecular flexibility index (Phi) is 4.06. The molecule has 0 saturated heterocycles. The zero-order valence-corrected chi connectivity index (χ0v) is 11.9. The molecule has 0 fully saturated rings. The van der Waals surface area contributed by atoms with Crippen LogP contribution in [0, 0.1) is 10.1 Å². The van der Waals surface area contributed by atoms with E-state index >= 15 is 0 Å². The smallest absolute Gasteiger partial charge is 0.395 e. The van der Waals surface area contributed by atoms with E-state index in [0.29, 0.717) is 4.88 Å². The number of hydrogen-bond donors (Lipinski definition) is 2. The van der Waals surface area contributed by atoms with Gasteiger partial charge in [-0.2, -0.15) is 0 Å². The van der Waals surface area contributed by atoms with Gasteiger partial charge < -0.3 is 9.73 Å². The third-order valence-corrected chi connectivity index (χ3v) is 4.86. The highest BCUT2D eigenvalue weighted by Crippen LogP contribution is 2.20. The fourth-order valence-electron chi connectivity index (χ4n) is 1.41. The number of nitrogens with zero attached hydrogens (tertiary/aromatic N) is 1. The molecule has 2 rings (SSSR count). The van der Waals surface area contributed by atoms with E-state index in [1.807, 2.05) is 0 Å². The van der Waals surface area contributed by atoms with Gasteiger partial charge in [0.05, 0.1) is 12.6 Å². The molecule has 2 aromatic heterocycles. The molecule has 0 aromatic carbocycles. The third-order valence-electron chi connectivity index (χ3n) is 2.34. The van der Waals surface area contributed by atoms with E-state index < -0.39 is 26.7 Å².